The molecule has 2 aliphatic rings. The van der Waals surface area contributed by atoms with Crippen LogP contribution in [-0.4, -0.2) is 48.6 Å². The van der Waals surface area contributed by atoms with Crippen LogP contribution in [0.3, 0.4) is 0 Å². The molecule has 0 aliphatic carbocycles. The summed E-state index contributed by atoms with van der Waals surface area (Å²) in [7, 11) is 2.25. The second-order valence-corrected chi connectivity index (χ2v) is 5.73. The van der Waals surface area contributed by atoms with Gasteiger partial charge in [0.2, 0.25) is 0 Å². The molecule has 0 saturated carbocycles. The van der Waals surface area contributed by atoms with Crippen LogP contribution in [0, 0.1) is 5.92 Å². The summed E-state index contributed by atoms with van der Waals surface area (Å²) < 4.78 is 0. The van der Waals surface area contributed by atoms with Gasteiger partial charge in [-0.3, -0.25) is 4.90 Å². The minimum Gasteiger partial charge on any atom is -0.306 e. The second kappa shape index (κ2) is 4.84. The quantitative estimate of drug-likeness (QED) is 0.704. The summed E-state index contributed by atoms with van der Waals surface area (Å²) >= 11 is 0. The molecule has 3 atom stereocenters. The first-order chi connectivity index (χ1) is 7.16. The van der Waals surface area contributed by atoms with Crippen LogP contribution in [0.5, 0.6) is 0 Å². The largest absolute Gasteiger partial charge is 0.306 e. The van der Waals surface area contributed by atoms with E-state index in [0.29, 0.717) is 0 Å². The lowest BCUT2D eigenvalue weighted by Crippen LogP contribution is -2.37. The minimum absolute atomic E-state index is 0.805. The van der Waals surface area contributed by atoms with Crippen LogP contribution in [0.4, 0.5) is 0 Å². The molecule has 2 aliphatic heterocycles. The molecule has 2 rings (SSSR count). The summed E-state index contributed by atoms with van der Waals surface area (Å²) in [6.45, 7) is 8.80. The molecule has 0 N–H and O–H groups in total. The second-order valence-electron chi connectivity index (χ2n) is 5.73. The maximum absolute atomic E-state index is 2.72. The Balaban J connectivity index is 1.78. The van der Waals surface area contributed by atoms with Crippen molar-refractivity contribution in [2.24, 2.45) is 5.92 Å². The number of nitrogens with zero attached hydrogens (tertiary/aromatic N) is 2. The van der Waals surface area contributed by atoms with Crippen LogP contribution in [-0.2, 0) is 0 Å². The lowest BCUT2D eigenvalue weighted by atomic mass is 9.99. The Morgan fingerprint density at radius 1 is 1.27 bits per heavy atom. The number of rotatable bonds is 3. The summed E-state index contributed by atoms with van der Waals surface area (Å²) in [6, 6.07) is 1.64. The fourth-order valence-electron chi connectivity index (χ4n) is 3.45. The van der Waals surface area contributed by atoms with Crippen molar-refractivity contribution in [3.05, 3.63) is 0 Å². The van der Waals surface area contributed by atoms with Gasteiger partial charge in [-0.2, -0.15) is 0 Å². The van der Waals surface area contributed by atoms with Crippen molar-refractivity contribution in [1.82, 2.24) is 9.80 Å². The SMILES string of the molecule is CC1CCCN1C(C)CC1CCN(C)C1. The number of likely N-dealkylation sites (tertiary alicyclic amines) is 2. The molecule has 0 radical (unpaired) electrons. The molecule has 2 nitrogen and oxygen atoms in total. The predicted octanol–water partition coefficient (Wildman–Crippen LogP) is 2.20. The van der Waals surface area contributed by atoms with E-state index in [1.165, 1.54) is 45.3 Å². The van der Waals surface area contributed by atoms with Crippen LogP contribution < -0.4 is 0 Å². The van der Waals surface area contributed by atoms with E-state index in [1.807, 2.05) is 0 Å². The zero-order valence-electron chi connectivity index (χ0n) is 10.6. The molecule has 0 aromatic heterocycles. The topological polar surface area (TPSA) is 6.48 Å². The number of hydrogen-bond donors (Lipinski definition) is 0. The van der Waals surface area contributed by atoms with Gasteiger partial charge in [-0.25, -0.2) is 0 Å². The molecule has 0 spiro atoms. The third-order valence-corrected chi connectivity index (χ3v) is 4.33. The van der Waals surface area contributed by atoms with Gasteiger partial charge in [-0.1, -0.05) is 0 Å². The summed E-state index contributed by atoms with van der Waals surface area (Å²) in [5, 5.41) is 0. The van der Waals surface area contributed by atoms with Gasteiger partial charge in [0.1, 0.15) is 0 Å². The summed E-state index contributed by atoms with van der Waals surface area (Å²) in [5.74, 6) is 0.956. The van der Waals surface area contributed by atoms with Crippen LogP contribution in [0.15, 0.2) is 0 Å². The first-order valence-corrected chi connectivity index (χ1v) is 6.61. The molecule has 15 heavy (non-hydrogen) atoms. The first-order valence-electron chi connectivity index (χ1n) is 6.61. The Bertz CT molecular complexity index is 205. The molecule has 0 amide bonds. The van der Waals surface area contributed by atoms with Crippen LogP contribution in [0.1, 0.15) is 39.5 Å². The Kier molecular flexibility index (Phi) is 3.68. The Labute approximate surface area is 94.6 Å². The van der Waals surface area contributed by atoms with Crippen molar-refractivity contribution < 1.29 is 0 Å². The molecule has 2 heteroatoms. The van der Waals surface area contributed by atoms with E-state index in [1.54, 1.807) is 0 Å². The van der Waals surface area contributed by atoms with Gasteiger partial charge in [0, 0.05) is 18.6 Å². The highest BCUT2D eigenvalue weighted by Gasteiger charge is 2.28. The minimum atomic E-state index is 0.805. The highest BCUT2D eigenvalue weighted by molar-refractivity contribution is 4.83. The van der Waals surface area contributed by atoms with E-state index in [4.69, 9.17) is 0 Å². The van der Waals surface area contributed by atoms with Crippen molar-refractivity contribution in [3.8, 4) is 0 Å². The van der Waals surface area contributed by atoms with E-state index in [0.717, 1.165) is 18.0 Å². The van der Waals surface area contributed by atoms with Gasteiger partial charge in [-0.15, -0.1) is 0 Å². The normalized spacial score (nSPS) is 36.2. The van der Waals surface area contributed by atoms with Gasteiger partial charge in [0.05, 0.1) is 0 Å². The van der Waals surface area contributed by atoms with Crippen molar-refractivity contribution in [2.45, 2.75) is 51.6 Å². The molecule has 3 unspecified atom stereocenters. The van der Waals surface area contributed by atoms with E-state index >= 15 is 0 Å². The van der Waals surface area contributed by atoms with E-state index < -0.39 is 0 Å². The number of hydrogen-bond acceptors (Lipinski definition) is 2. The molecule has 88 valence electrons. The molecule has 2 saturated heterocycles. The van der Waals surface area contributed by atoms with Gasteiger partial charge in [0.25, 0.3) is 0 Å². The zero-order chi connectivity index (χ0) is 10.8. The van der Waals surface area contributed by atoms with Crippen molar-refractivity contribution in [3.63, 3.8) is 0 Å². The predicted molar refractivity (Wildman–Crippen MR) is 65.1 cm³/mol. The lowest BCUT2D eigenvalue weighted by molar-refractivity contribution is 0.175. The zero-order valence-corrected chi connectivity index (χ0v) is 10.6. The van der Waals surface area contributed by atoms with Gasteiger partial charge < -0.3 is 4.90 Å². The van der Waals surface area contributed by atoms with E-state index in [2.05, 4.69) is 30.7 Å². The molecule has 2 heterocycles. The van der Waals surface area contributed by atoms with Gasteiger partial charge in [0.15, 0.2) is 0 Å². The average Bonchev–Trinajstić information content (AvgIpc) is 2.75. The maximum atomic E-state index is 2.72. The molecule has 0 aromatic rings. The molecule has 0 aromatic carbocycles. The Hall–Kier alpha value is -0.0800. The molecular formula is C13H26N2. The van der Waals surface area contributed by atoms with E-state index in [9.17, 15) is 0 Å². The summed E-state index contributed by atoms with van der Waals surface area (Å²) in [4.78, 5) is 5.20. The molecule has 2 fully saturated rings. The third-order valence-electron chi connectivity index (χ3n) is 4.33. The van der Waals surface area contributed by atoms with Crippen LogP contribution in [0.2, 0.25) is 0 Å². The molecular weight excluding hydrogens is 184 g/mol. The van der Waals surface area contributed by atoms with Crippen molar-refractivity contribution in [1.29, 1.82) is 0 Å². The van der Waals surface area contributed by atoms with Gasteiger partial charge >= 0.3 is 0 Å². The highest BCUT2D eigenvalue weighted by Crippen LogP contribution is 2.26. The smallest absolute Gasteiger partial charge is 0.00728 e. The maximum Gasteiger partial charge on any atom is 0.00728 e. The fraction of sp³-hybridized carbons (Fsp3) is 1.00. The fourth-order valence-corrected chi connectivity index (χ4v) is 3.45. The summed E-state index contributed by atoms with van der Waals surface area (Å²) in [6.07, 6.45) is 5.66. The monoisotopic (exact) mass is 210 g/mol. The standard InChI is InChI=1S/C13H26N2/c1-11-5-4-7-15(11)12(2)9-13-6-8-14(3)10-13/h11-13H,4-10H2,1-3H3. The van der Waals surface area contributed by atoms with Gasteiger partial charge in [-0.05, 0) is 65.6 Å². The van der Waals surface area contributed by atoms with Crippen molar-refractivity contribution in [2.75, 3.05) is 26.7 Å². The van der Waals surface area contributed by atoms with Crippen molar-refractivity contribution >= 4 is 0 Å². The average molecular weight is 210 g/mol. The van der Waals surface area contributed by atoms with Crippen LogP contribution in [0.25, 0.3) is 0 Å². The Morgan fingerprint density at radius 2 is 2.07 bits per heavy atom. The first kappa shape index (κ1) is 11.4. The third kappa shape index (κ3) is 2.73. The van der Waals surface area contributed by atoms with Crippen LogP contribution >= 0.6 is 0 Å². The van der Waals surface area contributed by atoms with E-state index in [-0.39, 0.29) is 0 Å². The summed E-state index contributed by atoms with van der Waals surface area (Å²) in [5.41, 5.74) is 0. The highest BCUT2D eigenvalue weighted by atomic mass is 15.2. The Morgan fingerprint density at radius 3 is 2.60 bits per heavy atom. The lowest BCUT2D eigenvalue weighted by Gasteiger charge is -2.30. The molecule has 0 bridgehead atoms.